The zero-order valence-electron chi connectivity index (χ0n) is 15.6. The lowest BCUT2D eigenvalue weighted by Gasteiger charge is -2.18. The number of carbonyl (C=O) groups is 1. The van der Waals surface area contributed by atoms with E-state index in [4.69, 9.17) is 5.73 Å². The Morgan fingerprint density at radius 1 is 1.23 bits per heavy atom. The maximum atomic E-state index is 12.5. The van der Waals surface area contributed by atoms with Crippen molar-refractivity contribution in [3.8, 4) is 0 Å². The van der Waals surface area contributed by atoms with Gasteiger partial charge in [0.05, 0.1) is 4.90 Å². The van der Waals surface area contributed by atoms with Crippen molar-refractivity contribution in [2.45, 2.75) is 38.0 Å². The van der Waals surface area contributed by atoms with Crippen molar-refractivity contribution >= 4 is 28.3 Å². The normalized spacial score (nSPS) is 17.4. The number of rotatable bonds is 8. The lowest BCUT2D eigenvalue weighted by atomic mass is 10.1. The summed E-state index contributed by atoms with van der Waals surface area (Å²) in [5, 5.41) is 0. The van der Waals surface area contributed by atoms with Gasteiger partial charge in [0.15, 0.2) is 0 Å². The largest absolute Gasteiger partial charge is 0.342 e. The molecular formula is C18H30ClN3O3S. The van der Waals surface area contributed by atoms with Gasteiger partial charge in [-0.25, -0.2) is 8.42 Å². The fraction of sp³-hybridized carbons (Fsp3) is 0.611. The predicted octanol–water partition coefficient (Wildman–Crippen LogP) is 1.88. The summed E-state index contributed by atoms with van der Waals surface area (Å²) in [6.45, 7) is 6.75. The highest BCUT2D eigenvalue weighted by molar-refractivity contribution is 7.89. The van der Waals surface area contributed by atoms with Crippen LogP contribution < -0.4 is 5.73 Å². The standard InChI is InChI=1S/C18H29N3O3S.ClH/c1-3-21(4-2)25(23,24)17-8-5-15(6-9-17)7-10-18(22)20-12-11-16(13-19)14-20;/h5-6,8-9,16H,3-4,7,10-14,19H2,1-2H3;1H. The van der Waals surface area contributed by atoms with Crippen molar-refractivity contribution in [3.63, 3.8) is 0 Å². The number of aryl methyl sites for hydroxylation is 1. The molecule has 1 fully saturated rings. The first-order chi connectivity index (χ1) is 11.9. The molecule has 0 spiro atoms. The Labute approximate surface area is 163 Å². The summed E-state index contributed by atoms with van der Waals surface area (Å²) in [7, 11) is -3.43. The van der Waals surface area contributed by atoms with E-state index in [2.05, 4.69) is 0 Å². The van der Waals surface area contributed by atoms with E-state index in [9.17, 15) is 13.2 Å². The van der Waals surface area contributed by atoms with Gasteiger partial charge < -0.3 is 10.6 Å². The zero-order valence-corrected chi connectivity index (χ0v) is 17.2. The van der Waals surface area contributed by atoms with Gasteiger partial charge in [-0.3, -0.25) is 4.79 Å². The Kier molecular flexibility index (Phi) is 9.03. The van der Waals surface area contributed by atoms with Crippen molar-refractivity contribution in [2.24, 2.45) is 11.7 Å². The van der Waals surface area contributed by atoms with Crippen LogP contribution in [0, 0.1) is 5.92 Å². The Balaban J connectivity index is 0.00000338. The summed E-state index contributed by atoms with van der Waals surface area (Å²) in [6.07, 6.45) is 2.05. The van der Waals surface area contributed by atoms with Gasteiger partial charge in [-0.2, -0.15) is 4.31 Å². The monoisotopic (exact) mass is 403 g/mol. The van der Waals surface area contributed by atoms with Crippen LogP contribution in [-0.4, -0.2) is 56.3 Å². The second-order valence-corrected chi connectivity index (χ2v) is 8.40. The first kappa shape index (κ1) is 22.9. The number of benzene rings is 1. The molecule has 148 valence electrons. The molecular weight excluding hydrogens is 374 g/mol. The van der Waals surface area contributed by atoms with Gasteiger partial charge in [0, 0.05) is 32.6 Å². The molecule has 26 heavy (non-hydrogen) atoms. The number of sulfonamides is 1. The second kappa shape index (κ2) is 10.3. The highest BCUT2D eigenvalue weighted by Gasteiger charge is 2.25. The molecule has 1 atom stereocenters. The number of halogens is 1. The average Bonchev–Trinajstić information content (AvgIpc) is 3.10. The van der Waals surface area contributed by atoms with E-state index in [-0.39, 0.29) is 18.3 Å². The molecule has 1 aliphatic heterocycles. The Bertz CT molecular complexity index is 675. The van der Waals surface area contributed by atoms with Crippen molar-refractivity contribution in [2.75, 3.05) is 32.7 Å². The minimum Gasteiger partial charge on any atom is -0.342 e. The zero-order chi connectivity index (χ0) is 18.4. The molecule has 1 unspecified atom stereocenters. The molecule has 1 heterocycles. The molecule has 2 N–H and O–H groups in total. The van der Waals surface area contributed by atoms with E-state index in [0.717, 1.165) is 25.1 Å². The maximum Gasteiger partial charge on any atom is 0.243 e. The molecule has 1 aliphatic rings. The van der Waals surface area contributed by atoms with Crippen LogP contribution in [0.3, 0.4) is 0 Å². The summed E-state index contributed by atoms with van der Waals surface area (Å²) in [5.74, 6) is 0.573. The van der Waals surface area contributed by atoms with Crippen LogP contribution in [0.5, 0.6) is 0 Å². The first-order valence-corrected chi connectivity index (χ1v) is 10.4. The van der Waals surface area contributed by atoms with Crippen LogP contribution in [0.15, 0.2) is 29.2 Å². The number of hydrogen-bond acceptors (Lipinski definition) is 4. The van der Waals surface area contributed by atoms with E-state index in [1.54, 1.807) is 24.3 Å². The molecule has 2 rings (SSSR count). The van der Waals surface area contributed by atoms with Crippen LogP contribution in [-0.2, 0) is 21.2 Å². The van der Waals surface area contributed by atoms with Crippen LogP contribution in [0.2, 0.25) is 0 Å². The molecule has 0 aliphatic carbocycles. The van der Waals surface area contributed by atoms with E-state index < -0.39 is 10.0 Å². The summed E-state index contributed by atoms with van der Waals surface area (Å²) in [5.41, 5.74) is 6.63. The van der Waals surface area contributed by atoms with Crippen molar-refractivity contribution < 1.29 is 13.2 Å². The maximum absolute atomic E-state index is 12.5. The molecule has 1 saturated heterocycles. The number of likely N-dealkylation sites (tertiary alicyclic amines) is 1. The van der Waals surface area contributed by atoms with E-state index in [0.29, 0.717) is 43.3 Å². The van der Waals surface area contributed by atoms with Crippen molar-refractivity contribution in [1.82, 2.24) is 9.21 Å². The van der Waals surface area contributed by atoms with E-state index >= 15 is 0 Å². The highest BCUT2D eigenvalue weighted by Crippen LogP contribution is 2.19. The smallest absolute Gasteiger partial charge is 0.243 e. The topological polar surface area (TPSA) is 83.7 Å². The molecule has 1 amide bonds. The van der Waals surface area contributed by atoms with Gasteiger partial charge in [0.1, 0.15) is 0 Å². The molecule has 0 saturated carbocycles. The summed E-state index contributed by atoms with van der Waals surface area (Å²) < 4.78 is 26.4. The first-order valence-electron chi connectivity index (χ1n) is 8.99. The number of amides is 1. The lowest BCUT2D eigenvalue weighted by molar-refractivity contribution is -0.130. The average molecular weight is 404 g/mol. The Hall–Kier alpha value is -1.15. The predicted molar refractivity (Wildman–Crippen MR) is 106 cm³/mol. The summed E-state index contributed by atoms with van der Waals surface area (Å²) in [4.78, 5) is 14.4. The minimum atomic E-state index is -3.43. The van der Waals surface area contributed by atoms with Gasteiger partial charge in [0.2, 0.25) is 15.9 Å². The molecule has 0 radical (unpaired) electrons. The highest BCUT2D eigenvalue weighted by atomic mass is 35.5. The summed E-state index contributed by atoms with van der Waals surface area (Å²) in [6, 6.07) is 6.87. The minimum absolute atomic E-state index is 0. The van der Waals surface area contributed by atoms with Crippen LogP contribution in [0.4, 0.5) is 0 Å². The Morgan fingerprint density at radius 2 is 1.85 bits per heavy atom. The molecule has 8 heteroatoms. The fourth-order valence-electron chi connectivity index (χ4n) is 3.20. The molecule has 0 aromatic heterocycles. The number of carbonyl (C=O) groups excluding carboxylic acids is 1. The van der Waals surface area contributed by atoms with Crippen molar-refractivity contribution in [3.05, 3.63) is 29.8 Å². The Morgan fingerprint density at radius 3 is 2.35 bits per heavy atom. The van der Waals surface area contributed by atoms with E-state index in [1.165, 1.54) is 4.31 Å². The number of nitrogens with two attached hydrogens (primary N) is 1. The van der Waals surface area contributed by atoms with E-state index in [1.807, 2.05) is 18.7 Å². The van der Waals surface area contributed by atoms with Crippen LogP contribution >= 0.6 is 12.4 Å². The van der Waals surface area contributed by atoms with Gasteiger partial charge in [-0.1, -0.05) is 26.0 Å². The number of nitrogens with zero attached hydrogens (tertiary/aromatic N) is 2. The third kappa shape index (κ3) is 5.42. The van der Waals surface area contributed by atoms with Gasteiger partial charge in [-0.05, 0) is 43.0 Å². The van der Waals surface area contributed by atoms with Crippen LogP contribution in [0.1, 0.15) is 32.3 Å². The molecule has 1 aromatic carbocycles. The SMILES string of the molecule is CCN(CC)S(=O)(=O)c1ccc(CCC(=O)N2CCC(CN)C2)cc1.Cl. The fourth-order valence-corrected chi connectivity index (χ4v) is 4.66. The van der Waals surface area contributed by atoms with Gasteiger partial charge >= 0.3 is 0 Å². The molecule has 0 bridgehead atoms. The van der Waals surface area contributed by atoms with Gasteiger partial charge in [-0.15, -0.1) is 12.4 Å². The lowest BCUT2D eigenvalue weighted by Crippen LogP contribution is -2.30. The number of hydrogen-bond donors (Lipinski definition) is 1. The second-order valence-electron chi connectivity index (χ2n) is 6.46. The third-order valence-corrected chi connectivity index (χ3v) is 6.93. The molecule has 6 nitrogen and oxygen atoms in total. The molecule has 1 aromatic rings. The van der Waals surface area contributed by atoms with Gasteiger partial charge in [0.25, 0.3) is 0 Å². The summed E-state index contributed by atoms with van der Waals surface area (Å²) >= 11 is 0. The van der Waals surface area contributed by atoms with Crippen molar-refractivity contribution in [1.29, 1.82) is 0 Å². The van der Waals surface area contributed by atoms with Crippen LogP contribution in [0.25, 0.3) is 0 Å². The quantitative estimate of drug-likeness (QED) is 0.718. The third-order valence-electron chi connectivity index (χ3n) is 4.87.